The smallest absolute Gasteiger partial charge is 0.317 e. The van der Waals surface area contributed by atoms with E-state index in [9.17, 15) is 14.4 Å². The monoisotopic (exact) mass is 474 g/mol. The first-order chi connectivity index (χ1) is 16.8. The first-order valence-corrected chi connectivity index (χ1v) is 14.1. The van der Waals surface area contributed by atoms with Gasteiger partial charge in [-0.25, -0.2) is 0 Å². The van der Waals surface area contributed by atoms with E-state index in [1.54, 1.807) is 6.08 Å². The molecule has 0 saturated heterocycles. The Morgan fingerprint density at radius 3 is 2.60 bits per heavy atom. The van der Waals surface area contributed by atoms with Crippen LogP contribution in [0.15, 0.2) is 36.0 Å². The summed E-state index contributed by atoms with van der Waals surface area (Å²) in [6, 6.07) is 0. The van der Waals surface area contributed by atoms with Crippen molar-refractivity contribution >= 4 is 17.5 Å². The van der Waals surface area contributed by atoms with Crippen LogP contribution in [0.25, 0.3) is 0 Å². The largest absolute Gasteiger partial charge is 0.461 e. The lowest BCUT2D eigenvalue weighted by Gasteiger charge is -2.58. The Morgan fingerprint density at radius 1 is 0.943 bits per heavy atom. The molecule has 0 amide bonds. The summed E-state index contributed by atoms with van der Waals surface area (Å²) in [5, 5.41) is 0. The molecule has 10 unspecified atom stereocenters. The highest BCUT2D eigenvalue weighted by Gasteiger charge is 2.64. The fourth-order valence-electron chi connectivity index (χ4n) is 10.4. The Balaban J connectivity index is 1.14. The molecule has 8 aliphatic carbocycles. The van der Waals surface area contributed by atoms with Gasteiger partial charge in [0.05, 0.1) is 0 Å². The van der Waals surface area contributed by atoms with E-state index in [0.29, 0.717) is 30.0 Å². The number of rotatable bonds is 2. The van der Waals surface area contributed by atoms with Gasteiger partial charge in [-0.3, -0.25) is 14.4 Å². The molecule has 8 aliphatic rings. The predicted octanol–water partition coefficient (Wildman–Crippen LogP) is 5.77. The zero-order valence-electron chi connectivity index (χ0n) is 21.1. The van der Waals surface area contributed by atoms with Gasteiger partial charge in [0.2, 0.25) is 0 Å². The number of ether oxygens (including phenoxy) is 1. The van der Waals surface area contributed by atoms with Crippen LogP contribution in [0.3, 0.4) is 0 Å². The van der Waals surface area contributed by atoms with Crippen molar-refractivity contribution in [1.29, 1.82) is 0 Å². The van der Waals surface area contributed by atoms with E-state index in [4.69, 9.17) is 4.74 Å². The third kappa shape index (κ3) is 2.77. The van der Waals surface area contributed by atoms with Gasteiger partial charge >= 0.3 is 5.97 Å². The van der Waals surface area contributed by atoms with Crippen LogP contribution in [0.2, 0.25) is 0 Å². The lowest BCUT2D eigenvalue weighted by molar-refractivity contribution is -0.178. The molecule has 0 spiro atoms. The van der Waals surface area contributed by atoms with Crippen molar-refractivity contribution in [2.24, 2.45) is 51.8 Å². The van der Waals surface area contributed by atoms with Gasteiger partial charge in [-0.2, -0.15) is 0 Å². The number of allylic oxidation sites excluding steroid dienone is 4. The maximum absolute atomic E-state index is 14.0. The standard InChI is InChI=1S/C31H38O4/c1-29-14-11-21(32)17-20(29)7-8-22-23-9-10-26(30(23,2)15-12-24(22)29)35-28(34)31-16-13-25(33)27(31)18-3-5-19(31)6-4-18/h3,5,13,16-19,22-24,26-27H,4,6-12,14-15H2,1-2H3. The molecule has 2 bridgehead atoms. The fraction of sp³-hybridized carbons (Fsp3) is 0.710. The van der Waals surface area contributed by atoms with E-state index in [-0.39, 0.29) is 46.4 Å². The highest BCUT2D eigenvalue weighted by Crippen LogP contribution is 2.66. The van der Waals surface area contributed by atoms with Crippen molar-refractivity contribution < 1.29 is 19.1 Å². The van der Waals surface area contributed by atoms with Crippen LogP contribution >= 0.6 is 0 Å². The zero-order chi connectivity index (χ0) is 24.2. The van der Waals surface area contributed by atoms with E-state index >= 15 is 0 Å². The number of carbonyl (C=O) groups is 3. The van der Waals surface area contributed by atoms with E-state index in [2.05, 4.69) is 26.0 Å². The van der Waals surface area contributed by atoms with Gasteiger partial charge in [0.1, 0.15) is 11.5 Å². The predicted molar refractivity (Wildman–Crippen MR) is 132 cm³/mol. The molecule has 0 heterocycles. The average Bonchev–Trinajstić information content (AvgIpc) is 3.40. The van der Waals surface area contributed by atoms with Crippen molar-refractivity contribution in [3.05, 3.63) is 36.0 Å². The molecule has 4 nitrogen and oxygen atoms in total. The van der Waals surface area contributed by atoms with Crippen molar-refractivity contribution in [3.63, 3.8) is 0 Å². The molecule has 186 valence electrons. The van der Waals surface area contributed by atoms with Gasteiger partial charge in [-0.15, -0.1) is 0 Å². The molecule has 0 aromatic heterocycles. The molecule has 0 aromatic rings. The van der Waals surface area contributed by atoms with Crippen LogP contribution in [-0.2, 0) is 19.1 Å². The van der Waals surface area contributed by atoms with E-state index in [1.165, 1.54) is 5.57 Å². The Bertz CT molecular complexity index is 1100. The molecule has 10 atom stereocenters. The summed E-state index contributed by atoms with van der Waals surface area (Å²) in [6.07, 6.45) is 20.0. The van der Waals surface area contributed by atoms with Crippen LogP contribution in [0.1, 0.15) is 78.1 Å². The number of esters is 1. The summed E-state index contributed by atoms with van der Waals surface area (Å²) in [6.45, 7) is 4.81. The Hall–Kier alpha value is -1.97. The zero-order valence-corrected chi connectivity index (χ0v) is 21.1. The SMILES string of the molecule is CC12CCC(=O)C=C1CCC1C2CCC2(C)C(OC(=O)C34C=CC(=O)C3C3C=CC4CC3)CCC12. The molecule has 4 heteroatoms. The Morgan fingerprint density at radius 2 is 1.80 bits per heavy atom. The van der Waals surface area contributed by atoms with Gasteiger partial charge in [0.25, 0.3) is 0 Å². The number of fused-ring (bicyclic) bond motifs is 6. The molecule has 0 aliphatic heterocycles. The van der Waals surface area contributed by atoms with Crippen LogP contribution in [0, 0.1) is 51.8 Å². The maximum atomic E-state index is 14.0. The second-order valence-electron chi connectivity index (χ2n) is 13.4. The van der Waals surface area contributed by atoms with Crippen LogP contribution in [0.5, 0.6) is 0 Å². The molecular weight excluding hydrogens is 436 g/mol. The minimum atomic E-state index is -0.771. The first-order valence-electron chi connectivity index (χ1n) is 14.1. The minimum Gasteiger partial charge on any atom is -0.461 e. The summed E-state index contributed by atoms with van der Waals surface area (Å²) in [5.74, 6) is 2.17. The number of carbonyl (C=O) groups excluding carboxylic acids is 3. The van der Waals surface area contributed by atoms with Crippen LogP contribution in [0.4, 0.5) is 0 Å². The molecule has 8 rings (SSSR count). The molecule has 0 radical (unpaired) electrons. The number of hydrogen-bond acceptors (Lipinski definition) is 4. The third-order valence-corrected chi connectivity index (χ3v) is 12.3. The van der Waals surface area contributed by atoms with Gasteiger partial charge in [-0.05, 0) is 105 Å². The second-order valence-corrected chi connectivity index (χ2v) is 13.4. The quantitative estimate of drug-likeness (QED) is 0.377. The highest BCUT2D eigenvalue weighted by molar-refractivity contribution is 6.02. The van der Waals surface area contributed by atoms with Gasteiger partial charge in [-0.1, -0.05) is 37.6 Å². The maximum Gasteiger partial charge on any atom is 0.317 e. The van der Waals surface area contributed by atoms with Gasteiger partial charge < -0.3 is 4.74 Å². The van der Waals surface area contributed by atoms with Crippen molar-refractivity contribution in [2.75, 3.05) is 0 Å². The molecule has 35 heavy (non-hydrogen) atoms. The topological polar surface area (TPSA) is 60.4 Å². The first kappa shape index (κ1) is 22.2. The highest BCUT2D eigenvalue weighted by atomic mass is 16.5. The van der Waals surface area contributed by atoms with Crippen LogP contribution < -0.4 is 0 Å². The second kappa shape index (κ2) is 7.29. The third-order valence-electron chi connectivity index (χ3n) is 12.3. The normalized spacial score (nSPS) is 51.4. The summed E-state index contributed by atoms with van der Waals surface area (Å²) < 4.78 is 6.52. The van der Waals surface area contributed by atoms with Crippen molar-refractivity contribution in [1.82, 2.24) is 0 Å². The number of ketones is 2. The lowest BCUT2D eigenvalue weighted by atomic mass is 9.47. The molecule has 4 fully saturated rings. The molecule has 0 N–H and O–H groups in total. The van der Waals surface area contributed by atoms with E-state index < -0.39 is 5.41 Å². The van der Waals surface area contributed by atoms with Crippen LogP contribution in [-0.4, -0.2) is 23.6 Å². The molecular formula is C31H38O4. The lowest BCUT2D eigenvalue weighted by Crippen LogP contribution is -2.54. The van der Waals surface area contributed by atoms with Gasteiger partial charge in [0, 0.05) is 17.8 Å². The van der Waals surface area contributed by atoms with Crippen molar-refractivity contribution in [3.8, 4) is 0 Å². The summed E-state index contributed by atoms with van der Waals surface area (Å²) in [5.41, 5.74) is 0.818. The van der Waals surface area contributed by atoms with Gasteiger partial charge in [0.15, 0.2) is 11.6 Å². The average molecular weight is 475 g/mol. The van der Waals surface area contributed by atoms with E-state index in [0.717, 1.165) is 57.8 Å². The summed E-state index contributed by atoms with van der Waals surface area (Å²) in [7, 11) is 0. The number of hydrogen-bond donors (Lipinski definition) is 0. The van der Waals surface area contributed by atoms with Crippen molar-refractivity contribution in [2.45, 2.75) is 84.2 Å². The van der Waals surface area contributed by atoms with E-state index in [1.807, 2.05) is 12.2 Å². The minimum absolute atomic E-state index is 0.0148. The summed E-state index contributed by atoms with van der Waals surface area (Å²) >= 11 is 0. The molecule has 4 saturated carbocycles. The Labute approximate surface area is 208 Å². The summed E-state index contributed by atoms with van der Waals surface area (Å²) in [4.78, 5) is 38.9. The Kier molecular flexibility index (Phi) is 4.64. The molecule has 0 aromatic carbocycles. The fourth-order valence-corrected chi connectivity index (χ4v) is 10.4.